The molecule has 2 aliphatic heterocycles. The standard InChI is InChI=1S/C17H17N5O2/c18-7-9-21-16(23)13-10-20-15-12(6-8-19-15)14(13)22(17(21)24)11-4-2-1-3-5-11/h6,8,10-11,13H,1-5,9H2/p+1. The molecule has 1 aromatic heterocycles. The molecule has 0 radical (unpaired) electrons. The molecule has 0 saturated heterocycles. The Morgan fingerprint density at radius 1 is 1.33 bits per heavy atom. The number of carbonyl (C=O) groups is 2. The molecule has 0 spiro atoms. The van der Waals surface area contributed by atoms with E-state index in [0.29, 0.717) is 5.82 Å². The quantitative estimate of drug-likeness (QED) is 0.666. The van der Waals surface area contributed by atoms with Gasteiger partial charge in [0.1, 0.15) is 23.6 Å². The van der Waals surface area contributed by atoms with Crippen molar-refractivity contribution in [1.82, 2.24) is 9.88 Å². The third-order valence-electron chi connectivity index (χ3n) is 5.05. The molecular formula is C17H18N5O2+. The van der Waals surface area contributed by atoms with Gasteiger partial charge in [0.05, 0.1) is 5.56 Å². The Kier molecular flexibility index (Phi) is 3.53. The summed E-state index contributed by atoms with van der Waals surface area (Å²) in [4.78, 5) is 34.2. The zero-order valence-corrected chi connectivity index (χ0v) is 13.2. The molecule has 1 unspecified atom stereocenters. The Balaban J connectivity index is 1.90. The van der Waals surface area contributed by atoms with Gasteiger partial charge in [0.15, 0.2) is 12.5 Å². The number of hydrogen-bond acceptors (Lipinski definition) is 4. The minimum atomic E-state index is -0.596. The SMILES string of the molecule is N#CCN1C(=O)C2C=Nc3[nH]ccc3C2=[N+](C2CCCCC2)C1=O. The van der Waals surface area contributed by atoms with Crippen molar-refractivity contribution in [3.05, 3.63) is 17.8 Å². The number of urea groups is 1. The number of rotatable bonds is 2. The van der Waals surface area contributed by atoms with Crippen molar-refractivity contribution >= 4 is 29.7 Å². The van der Waals surface area contributed by atoms with Crippen LogP contribution < -0.4 is 0 Å². The summed E-state index contributed by atoms with van der Waals surface area (Å²) < 4.78 is 1.76. The Labute approximate surface area is 139 Å². The fourth-order valence-corrected chi connectivity index (χ4v) is 3.93. The molecule has 1 saturated carbocycles. The maximum atomic E-state index is 13.0. The van der Waals surface area contributed by atoms with Crippen molar-refractivity contribution < 1.29 is 14.2 Å². The van der Waals surface area contributed by atoms with Crippen LogP contribution in [-0.4, -0.2) is 50.9 Å². The van der Waals surface area contributed by atoms with E-state index in [9.17, 15) is 9.59 Å². The Bertz CT molecular complexity index is 807. The number of nitrogens with zero attached hydrogens (tertiary/aromatic N) is 4. The number of hydrogen-bond donors (Lipinski definition) is 1. The van der Waals surface area contributed by atoms with Gasteiger partial charge in [-0.2, -0.15) is 14.6 Å². The van der Waals surface area contributed by atoms with Crippen molar-refractivity contribution in [3.8, 4) is 6.07 Å². The highest BCUT2D eigenvalue weighted by molar-refractivity contribution is 6.27. The lowest BCUT2D eigenvalue weighted by atomic mass is 9.89. The van der Waals surface area contributed by atoms with E-state index in [-0.39, 0.29) is 24.5 Å². The van der Waals surface area contributed by atoms with Crippen LogP contribution in [0.3, 0.4) is 0 Å². The molecule has 0 aromatic carbocycles. The van der Waals surface area contributed by atoms with E-state index < -0.39 is 5.92 Å². The second kappa shape index (κ2) is 5.71. The first kappa shape index (κ1) is 14.8. The average Bonchev–Trinajstić information content (AvgIpc) is 3.08. The van der Waals surface area contributed by atoms with Crippen LogP contribution >= 0.6 is 0 Å². The first-order valence-corrected chi connectivity index (χ1v) is 8.32. The lowest BCUT2D eigenvalue weighted by Crippen LogP contribution is -2.58. The zero-order chi connectivity index (χ0) is 16.7. The number of H-pyrrole nitrogens is 1. The molecule has 1 aromatic rings. The maximum absolute atomic E-state index is 13.0. The van der Waals surface area contributed by atoms with Gasteiger partial charge in [0.25, 0.3) is 0 Å². The van der Waals surface area contributed by atoms with Crippen LogP contribution in [0.15, 0.2) is 17.3 Å². The number of aromatic amines is 1. The molecule has 4 rings (SSSR count). The number of imide groups is 1. The first-order valence-electron chi connectivity index (χ1n) is 8.32. The van der Waals surface area contributed by atoms with Crippen LogP contribution in [0.4, 0.5) is 10.6 Å². The third-order valence-corrected chi connectivity index (χ3v) is 5.05. The highest BCUT2D eigenvalue weighted by Crippen LogP contribution is 2.32. The van der Waals surface area contributed by atoms with Gasteiger partial charge in [-0.05, 0) is 31.7 Å². The molecule has 1 atom stereocenters. The number of carbonyl (C=O) groups excluding carboxylic acids is 2. The van der Waals surface area contributed by atoms with Crippen molar-refractivity contribution in [2.45, 2.75) is 38.1 Å². The molecule has 3 aliphatic rings. The number of nitrogens with one attached hydrogen (secondary N) is 1. The second-order valence-corrected chi connectivity index (χ2v) is 6.41. The van der Waals surface area contributed by atoms with Gasteiger partial charge < -0.3 is 4.98 Å². The lowest BCUT2D eigenvalue weighted by Gasteiger charge is -2.32. The number of aliphatic imine (C=N–C) groups is 1. The highest BCUT2D eigenvalue weighted by atomic mass is 16.2. The average molecular weight is 324 g/mol. The smallest absolute Gasteiger partial charge is 0.346 e. The van der Waals surface area contributed by atoms with Gasteiger partial charge >= 0.3 is 11.9 Å². The van der Waals surface area contributed by atoms with Crippen LogP contribution in [0.25, 0.3) is 0 Å². The molecular weight excluding hydrogens is 306 g/mol. The summed E-state index contributed by atoms with van der Waals surface area (Å²) in [5, 5.41) is 9.01. The maximum Gasteiger partial charge on any atom is 0.502 e. The minimum absolute atomic E-state index is 0.0762. The third kappa shape index (κ3) is 2.10. The summed E-state index contributed by atoms with van der Waals surface area (Å²) in [5.41, 5.74) is 1.53. The zero-order valence-electron chi connectivity index (χ0n) is 13.2. The number of nitriles is 1. The van der Waals surface area contributed by atoms with Crippen LogP contribution in [0.1, 0.15) is 37.7 Å². The molecule has 7 nitrogen and oxygen atoms in total. The largest absolute Gasteiger partial charge is 0.502 e. The summed E-state index contributed by atoms with van der Waals surface area (Å²) in [6.45, 7) is -0.224. The molecule has 0 bridgehead atoms. The fourth-order valence-electron chi connectivity index (χ4n) is 3.93. The van der Waals surface area contributed by atoms with E-state index in [1.807, 2.05) is 12.1 Å². The first-order chi connectivity index (χ1) is 11.7. The van der Waals surface area contributed by atoms with E-state index in [1.165, 1.54) is 6.42 Å². The van der Waals surface area contributed by atoms with Crippen LogP contribution in [0.2, 0.25) is 0 Å². The second-order valence-electron chi connectivity index (χ2n) is 6.41. The molecule has 1 fully saturated rings. The number of aromatic nitrogens is 1. The predicted octanol–water partition coefficient (Wildman–Crippen LogP) is 1.97. The topological polar surface area (TPSA) is 92.3 Å². The number of fused-ring (bicyclic) bond motifs is 3. The predicted molar refractivity (Wildman–Crippen MR) is 86.4 cm³/mol. The molecule has 7 heteroatoms. The van der Waals surface area contributed by atoms with E-state index in [4.69, 9.17) is 5.26 Å². The van der Waals surface area contributed by atoms with E-state index in [0.717, 1.165) is 41.9 Å². The van der Waals surface area contributed by atoms with E-state index in [2.05, 4.69) is 9.98 Å². The summed E-state index contributed by atoms with van der Waals surface area (Å²) in [6, 6.07) is 3.50. The molecule has 3 amide bonds. The summed E-state index contributed by atoms with van der Waals surface area (Å²) in [5.74, 6) is -0.281. The van der Waals surface area contributed by atoms with Crippen molar-refractivity contribution in [2.24, 2.45) is 10.9 Å². The monoisotopic (exact) mass is 324 g/mol. The van der Waals surface area contributed by atoms with Gasteiger partial charge in [0, 0.05) is 12.4 Å². The van der Waals surface area contributed by atoms with Crippen LogP contribution in [0, 0.1) is 17.2 Å². The van der Waals surface area contributed by atoms with Gasteiger partial charge in [-0.15, -0.1) is 4.90 Å². The highest BCUT2D eigenvalue weighted by Gasteiger charge is 2.51. The van der Waals surface area contributed by atoms with Gasteiger partial charge in [0.2, 0.25) is 0 Å². The molecule has 24 heavy (non-hydrogen) atoms. The fraction of sp³-hybridized carbons (Fsp3) is 0.471. The molecule has 1 N–H and O–H groups in total. The van der Waals surface area contributed by atoms with Crippen LogP contribution in [0.5, 0.6) is 0 Å². The number of amides is 3. The van der Waals surface area contributed by atoms with Crippen molar-refractivity contribution in [3.63, 3.8) is 0 Å². The Morgan fingerprint density at radius 2 is 2.12 bits per heavy atom. The van der Waals surface area contributed by atoms with Crippen molar-refractivity contribution in [1.29, 1.82) is 5.26 Å². The Morgan fingerprint density at radius 3 is 2.88 bits per heavy atom. The summed E-state index contributed by atoms with van der Waals surface area (Å²) >= 11 is 0. The summed E-state index contributed by atoms with van der Waals surface area (Å²) in [7, 11) is 0. The van der Waals surface area contributed by atoms with Gasteiger partial charge in [-0.1, -0.05) is 6.42 Å². The van der Waals surface area contributed by atoms with Gasteiger partial charge in [-0.25, -0.2) is 9.79 Å². The lowest BCUT2D eigenvalue weighted by molar-refractivity contribution is -0.486. The normalized spacial score (nSPS) is 24.0. The molecule has 122 valence electrons. The van der Waals surface area contributed by atoms with Crippen LogP contribution in [-0.2, 0) is 4.79 Å². The molecule has 1 aliphatic carbocycles. The van der Waals surface area contributed by atoms with E-state index >= 15 is 0 Å². The van der Waals surface area contributed by atoms with Crippen molar-refractivity contribution in [2.75, 3.05) is 6.54 Å². The van der Waals surface area contributed by atoms with E-state index in [1.54, 1.807) is 17.0 Å². The van der Waals surface area contributed by atoms with Gasteiger partial charge in [-0.3, -0.25) is 0 Å². The minimum Gasteiger partial charge on any atom is -0.346 e. The summed E-state index contributed by atoms with van der Waals surface area (Å²) in [6.07, 6.45) is 8.53. The molecule has 3 heterocycles. The Hall–Kier alpha value is -2.75.